The number of hydrogen-bond donors (Lipinski definition) is 0. The second-order valence-corrected chi connectivity index (χ2v) is 14.5. The van der Waals surface area contributed by atoms with Crippen LogP contribution in [0.3, 0.4) is 0 Å². The molecule has 0 radical (unpaired) electrons. The van der Waals surface area contributed by atoms with E-state index in [1.165, 1.54) is 120 Å². The minimum Gasteiger partial charge on any atom is -0.456 e. The topological polar surface area (TPSA) is 23.0 Å². The van der Waals surface area contributed by atoms with Crippen LogP contribution >= 0.6 is 0 Å². The lowest BCUT2D eigenvalue weighted by molar-refractivity contribution is 0.669. The van der Waals surface area contributed by atoms with Crippen molar-refractivity contribution in [3.63, 3.8) is 0 Å². The Hall–Kier alpha value is -6.26. The van der Waals surface area contributed by atoms with Gasteiger partial charge in [-0.05, 0) is 97.9 Å². The van der Waals surface area contributed by atoms with E-state index >= 15 is 0 Å². The summed E-state index contributed by atoms with van der Waals surface area (Å²) in [6.45, 7) is 2.32. The van der Waals surface area contributed by atoms with E-state index in [1.807, 2.05) is 0 Å². The van der Waals surface area contributed by atoms with Gasteiger partial charge in [0.2, 0.25) is 0 Å². The van der Waals surface area contributed by atoms with Crippen molar-refractivity contribution in [2.75, 3.05) is 0 Å². The van der Waals surface area contributed by atoms with Gasteiger partial charge in [0.15, 0.2) is 0 Å². The van der Waals surface area contributed by atoms with Gasteiger partial charge in [-0.15, -0.1) is 0 Å². The second-order valence-electron chi connectivity index (χ2n) is 14.5. The van der Waals surface area contributed by atoms with Crippen LogP contribution in [0.5, 0.6) is 0 Å². The lowest BCUT2D eigenvalue weighted by Crippen LogP contribution is -2.59. The highest BCUT2D eigenvalue weighted by atomic mass is 16.3. The van der Waals surface area contributed by atoms with Crippen molar-refractivity contribution in [1.82, 2.24) is 9.13 Å². The zero-order valence-corrected chi connectivity index (χ0v) is 26.4. The largest absolute Gasteiger partial charge is 0.456 e. The van der Waals surface area contributed by atoms with Gasteiger partial charge in [-0.25, -0.2) is 0 Å². The monoisotopic (exact) mass is 618 g/mol. The summed E-state index contributed by atoms with van der Waals surface area (Å²) >= 11 is 0. The molecule has 5 heterocycles. The fourth-order valence-corrected chi connectivity index (χ4v) is 10.6. The highest BCUT2D eigenvalue weighted by Gasteiger charge is 2.43. The first-order valence-electron chi connectivity index (χ1n) is 17.2. The van der Waals surface area contributed by atoms with Crippen molar-refractivity contribution in [3.05, 3.63) is 127 Å². The maximum atomic E-state index is 6.89. The summed E-state index contributed by atoms with van der Waals surface area (Å²) in [6, 6.07) is 45.8. The van der Waals surface area contributed by atoms with Crippen molar-refractivity contribution in [3.8, 4) is 22.5 Å². The molecule has 3 nitrogen and oxygen atoms in total. The number of furan rings is 1. The van der Waals surface area contributed by atoms with Gasteiger partial charge < -0.3 is 13.6 Å². The summed E-state index contributed by atoms with van der Waals surface area (Å²) in [4.78, 5) is 0. The van der Waals surface area contributed by atoms with Crippen molar-refractivity contribution in [2.24, 2.45) is 0 Å². The van der Waals surface area contributed by atoms with Crippen molar-refractivity contribution in [1.29, 1.82) is 0 Å². The van der Waals surface area contributed by atoms with E-state index in [4.69, 9.17) is 4.42 Å². The number of hydrogen-bond acceptors (Lipinski definition) is 1. The van der Waals surface area contributed by atoms with E-state index in [1.54, 1.807) is 0 Å². The molecule has 1 aliphatic carbocycles. The van der Waals surface area contributed by atoms with Crippen LogP contribution in [0, 0.1) is 6.92 Å². The first-order valence-corrected chi connectivity index (χ1v) is 17.2. The van der Waals surface area contributed by atoms with Gasteiger partial charge in [0.25, 0.3) is 6.71 Å². The van der Waals surface area contributed by atoms with Gasteiger partial charge in [0, 0.05) is 43.7 Å². The maximum absolute atomic E-state index is 6.89. The zero-order valence-electron chi connectivity index (χ0n) is 26.4. The molecule has 8 aromatic carbocycles. The number of nitrogens with zero attached hydrogens (tertiary/aromatic N) is 2. The van der Waals surface area contributed by atoms with Crippen LogP contribution in [0.15, 0.2) is 126 Å². The lowest BCUT2D eigenvalue weighted by atomic mass is 9.34. The molecule has 14 rings (SSSR count). The van der Waals surface area contributed by atoms with Gasteiger partial charge in [-0.3, -0.25) is 0 Å². The third-order valence-corrected chi connectivity index (χ3v) is 12.2. The Morgan fingerprint density at radius 3 is 2.10 bits per heavy atom. The van der Waals surface area contributed by atoms with E-state index in [-0.39, 0.29) is 6.71 Å². The van der Waals surface area contributed by atoms with Crippen LogP contribution < -0.4 is 16.4 Å². The van der Waals surface area contributed by atoms with E-state index in [0.29, 0.717) is 0 Å². The Labute approximate surface area is 279 Å². The third-order valence-electron chi connectivity index (χ3n) is 12.2. The fraction of sp³-hybridized carbons (Fsp3) is 0.0222. The molecule has 2 aliphatic heterocycles. The Morgan fingerprint density at radius 2 is 1.20 bits per heavy atom. The molecule has 0 atom stereocenters. The summed E-state index contributed by atoms with van der Waals surface area (Å²) in [6.07, 6.45) is 0. The highest BCUT2D eigenvalue weighted by Crippen LogP contribution is 2.51. The number of fused-ring (bicyclic) bond motifs is 11. The molecule has 0 spiro atoms. The zero-order chi connectivity index (χ0) is 31.4. The Kier molecular flexibility index (Phi) is 3.70. The summed E-state index contributed by atoms with van der Waals surface area (Å²) in [5.41, 5.74) is 17.6. The fourth-order valence-electron chi connectivity index (χ4n) is 10.6. The number of para-hydroxylation sites is 1. The predicted octanol–water partition coefficient (Wildman–Crippen LogP) is 9.52. The SMILES string of the molecule is Cc1cc2c3c(c1)-n1c4ccc5cccc6c5c4c4c5c(cc(c41)B3c1cc3ccccc3c3c4ccccc4n-2c13)oc1cccc-6c15. The molecule has 0 saturated carbocycles. The number of aryl methyl sites for hydroxylation is 1. The maximum Gasteiger partial charge on any atom is 0.252 e. The van der Waals surface area contributed by atoms with Crippen LogP contribution in [0.1, 0.15) is 5.56 Å². The number of benzene rings is 8. The second kappa shape index (κ2) is 7.56. The predicted molar refractivity (Wildman–Crippen MR) is 206 cm³/mol. The van der Waals surface area contributed by atoms with Crippen LogP contribution in [0.2, 0.25) is 0 Å². The molecule has 0 bridgehead atoms. The molecule has 4 heteroatoms. The number of rotatable bonds is 0. The molecule has 3 aliphatic rings. The third kappa shape index (κ3) is 2.43. The summed E-state index contributed by atoms with van der Waals surface area (Å²) in [5.74, 6) is 0. The van der Waals surface area contributed by atoms with Crippen LogP contribution in [-0.4, -0.2) is 15.8 Å². The smallest absolute Gasteiger partial charge is 0.252 e. The summed E-state index contributed by atoms with van der Waals surface area (Å²) in [7, 11) is 0. The van der Waals surface area contributed by atoms with Gasteiger partial charge in [0.1, 0.15) is 11.2 Å². The first kappa shape index (κ1) is 24.0. The van der Waals surface area contributed by atoms with E-state index < -0.39 is 0 Å². The van der Waals surface area contributed by atoms with Crippen molar-refractivity contribution < 1.29 is 4.42 Å². The molecule has 0 amide bonds. The molecule has 0 fully saturated rings. The molecule has 3 aromatic heterocycles. The average molecular weight is 619 g/mol. The summed E-state index contributed by atoms with van der Waals surface area (Å²) < 4.78 is 12.1. The first-order chi connectivity index (χ1) is 24.2. The molecule has 49 heavy (non-hydrogen) atoms. The molecule has 0 saturated heterocycles. The Morgan fingerprint density at radius 1 is 0.490 bits per heavy atom. The Bertz CT molecular complexity index is 3460. The van der Waals surface area contributed by atoms with Crippen molar-refractivity contribution >= 4 is 110 Å². The van der Waals surface area contributed by atoms with E-state index in [9.17, 15) is 0 Å². The van der Waals surface area contributed by atoms with Gasteiger partial charge in [0.05, 0.1) is 22.1 Å². The molecule has 0 N–H and O–H groups in total. The van der Waals surface area contributed by atoms with Gasteiger partial charge in [-0.1, -0.05) is 84.9 Å². The van der Waals surface area contributed by atoms with Crippen LogP contribution in [0.4, 0.5) is 0 Å². The highest BCUT2D eigenvalue weighted by molar-refractivity contribution is 7.00. The van der Waals surface area contributed by atoms with Gasteiger partial charge in [-0.2, -0.15) is 0 Å². The lowest BCUT2D eigenvalue weighted by Gasteiger charge is -2.34. The normalized spacial score (nSPS) is 13.8. The van der Waals surface area contributed by atoms with Crippen LogP contribution in [0.25, 0.3) is 110 Å². The standard InChI is InChI=1S/C45H23BN2O/c1-22-18-33-43-34(19-22)48-32-17-16-23-9-6-12-26-27-13-7-15-35-39(27)41-36(49-35)21-30(45(48)42(41)40(32)37(23)26)46(43)29-20-24-8-2-3-10-25(24)38-28-11-4-5-14-31(28)47(33)44(29)38/h2-21H,1H3. The molecule has 222 valence electrons. The molecule has 11 aromatic rings. The summed E-state index contributed by atoms with van der Waals surface area (Å²) in [5, 5.41) is 13.1. The molecular weight excluding hydrogens is 595 g/mol. The molecule has 0 unspecified atom stereocenters. The average Bonchev–Trinajstić information content (AvgIpc) is 3.77. The molecular formula is C45H23BN2O. The minimum atomic E-state index is 0.0531. The van der Waals surface area contributed by atoms with Gasteiger partial charge >= 0.3 is 0 Å². The minimum absolute atomic E-state index is 0.0531. The van der Waals surface area contributed by atoms with E-state index in [2.05, 4.69) is 137 Å². The quantitative estimate of drug-likeness (QED) is 0.155. The van der Waals surface area contributed by atoms with Crippen LogP contribution in [-0.2, 0) is 0 Å². The van der Waals surface area contributed by atoms with Crippen molar-refractivity contribution in [2.45, 2.75) is 6.92 Å². The van der Waals surface area contributed by atoms with E-state index in [0.717, 1.165) is 11.2 Å². The number of aromatic nitrogens is 2. The Balaban J connectivity index is 1.31.